The van der Waals surface area contributed by atoms with Gasteiger partial charge < -0.3 is 25.1 Å². The Hall–Kier alpha value is -4.42. The van der Waals surface area contributed by atoms with Crippen LogP contribution in [0.15, 0.2) is 93.2 Å². The summed E-state index contributed by atoms with van der Waals surface area (Å²) < 4.78 is 11.0. The molecule has 2 amide bonds. The minimum Gasteiger partial charge on any atom is -0.495 e. The zero-order valence-electron chi connectivity index (χ0n) is 21.3. The van der Waals surface area contributed by atoms with Gasteiger partial charge in [0.2, 0.25) is 5.91 Å². The second-order valence-corrected chi connectivity index (χ2v) is 9.49. The van der Waals surface area contributed by atoms with Crippen molar-refractivity contribution in [2.24, 2.45) is 0 Å². The lowest BCUT2D eigenvalue weighted by Crippen LogP contribution is -2.31. The van der Waals surface area contributed by atoms with Crippen molar-refractivity contribution in [3.05, 3.63) is 100 Å². The van der Waals surface area contributed by atoms with Crippen LogP contribution in [0, 0.1) is 11.3 Å². The zero-order chi connectivity index (χ0) is 27.1. The number of aryl methyl sites for hydroxylation is 1. The number of nitriles is 1. The molecule has 38 heavy (non-hydrogen) atoms. The minimum absolute atomic E-state index is 0.0734. The van der Waals surface area contributed by atoms with Crippen molar-refractivity contribution < 1.29 is 18.7 Å². The van der Waals surface area contributed by atoms with Gasteiger partial charge in [-0.15, -0.1) is 0 Å². The lowest BCUT2D eigenvalue weighted by atomic mass is 9.85. The average molecular weight is 529 g/mol. The Bertz CT molecular complexity index is 1420. The van der Waals surface area contributed by atoms with Crippen LogP contribution in [-0.2, 0) is 16.0 Å². The summed E-state index contributed by atoms with van der Waals surface area (Å²) in [6.07, 6.45) is 2.42. The van der Waals surface area contributed by atoms with Crippen LogP contribution in [-0.4, -0.2) is 24.7 Å². The van der Waals surface area contributed by atoms with E-state index >= 15 is 0 Å². The average Bonchev–Trinajstić information content (AvgIpc) is 3.47. The molecule has 0 unspecified atom stereocenters. The first-order valence-corrected chi connectivity index (χ1v) is 13.0. The molecule has 0 saturated carbocycles. The maximum atomic E-state index is 13.5. The Labute approximate surface area is 225 Å². The van der Waals surface area contributed by atoms with Gasteiger partial charge in [0.25, 0.3) is 5.91 Å². The molecule has 3 aromatic rings. The van der Waals surface area contributed by atoms with Gasteiger partial charge in [0.1, 0.15) is 11.5 Å². The molecule has 1 aliphatic heterocycles. The van der Waals surface area contributed by atoms with Crippen LogP contribution >= 0.6 is 11.8 Å². The van der Waals surface area contributed by atoms with Crippen molar-refractivity contribution >= 4 is 35.0 Å². The highest BCUT2D eigenvalue weighted by Crippen LogP contribution is 2.41. The zero-order valence-corrected chi connectivity index (χ0v) is 22.1. The maximum Gasteiger partial charge on any atom is 0.254 e. The number of amides is 2. The summed E-state index contributed by atoms with van der Waals surface area (Å²) in [5.41, 5.74) is 3.58. The lowest BCUT2D eigenvalue weighted by molar-refractivity contribution is -0.114. The minimum atomic E-state index is -0.752. The number of carbonyl (C=O) groups excluding carboxylic acids is 2. The van der Waals surface area contributed by atoms with Crippen LogP contribution in [0.5, 0.6) is 5.75 Å². The Morgan fingerprint density at radius 3 is 2.53 bits per heavy atom. The molecule has 0 radical (unpaired) electrons. The van der Waals surface area contributed by atoms with E-state index in [1.807, 2.05) is 30.3 Å². The molecule has 2 heterocycles. The van der Waals surface area contributed by atoms with Crippen molar-refractivity contribution in [3.8, 4) is 11.8 Å². The molecule has 0 bridgehead atoms. The van der Waals surface area contributed by atoms with Crippen LogP contribution in [0.3, 0.4) is 0 Å². The van der Waals surface area contributed by atoms with E-state index in [4.69, 9.17) is 9.15 Å². The number of dihydropyridines is 1. The van der Waals surface area contributed by atoms with E-state index in [1.54, 1.807) is 37.3 Å². The molecule has 4 rings (SSSR count). The summed E-state index contributed by atoms with van der Waals surface area (Å²) in [6, 6.07) is 20.4. The van der Waals surface area contributed by atoms with Gasteiger partial charge in [-0.25, -0.2) is 0 Å². The Morgan fingerprint density at radius 1 is 1.11 bits per heavy atom. The molecule has 1 aliphatic rings. The molecule has 0 fully saturated rings. The number of nitrogens with one attached hydrogen (secondary N) is 3. The predicted octanol–water partition coefficient (Wildman–Crippen LogP) is 5.56. The molecule has 0 aliphatic carbocycles. The van der Waals surface area contributed by atoms with Crippen molar-refractivity contribution in [3.63, 3.8) is 0 Å². The molecule has 2 aromatic carbocycles. The number of hydrogen-bond donors (Lipinski definition) is 3. The first kappa shape index (κ1) is 26.6. The summed E-state index contributed by atoms with van der Waals surface area (Å²) in [6.45, 7) is 3.83. The van der Waals surface area contributed by atoms with Crippen LogP contribution < -0.4 is 20.7 Å². The van der Waals surface area contributed by atoms with Gasteiger partial charge in [0.05, 0.1) is 53.0 Å². The molecule has 0 saturated heterocycles. The molecule has 194 valence electrons. The number of hydrogen-bond acceptors (Lipinski definition) is 7. The monoisotopic (exact) mass is 528 g/mol. The van der Waals surface area contributed by atoms with Crippen LogP contribution in [0.4, 0.5) is 11.4 Å². The number of anilines is 2. The van der Waals surface area contributed by atoms with E-state index in [-0.39, 0.29) is 11.7 Å². The topological polar surface area (TPSA) is 116 Å². The van der Waals surface area contributed by atoms with E-state index < -0.39 is 11.8 Å². The number of nitrogens with zero attached hydrogens (tertiary/aromatic N) is 1. The van der Waals surface area contributed by atoms with Crippen LogP contribution in [0.1, 0.15) is 31.1 Å². The van der Waals surface area contributed by atoms with Gasteiger partial charge in [-0.05, 0) is 55.3 Å². The number of benzene rings is 2. The molecule has 8 nitrogen and oxygen atoms in total. The highest BCUT2D eigenvalue weighted by molar-refractivity contribution is 8.03. The van der Waals surface area contributed by atoms with Crippen molar-refractivity contribution in [1.29, 1.82) is 5.26 Å². The third-order valence-electron chi connectivity index (χ3n) is 6.07. The number of thioether (sulfide) groups is 1. The second-order valence-electron chi connectivity index (χ2n) is 8.51. The fourth-order valence-corrected chi connectivity index (χ4v) is 5.06. The van der Waals surface area contributed by atoms with Crippen LogP contribution in [0.2, 0.25) is 0 Å². The van der Waals surface area contributed by atoms with Gasteiger partial charge in [0, 0.05) is 11.4 Å². The second kappa shape index (κ2) is 12.2. The maximum absolute atomic E-state index is 13.5. The lowest BCUT2D eigenvalue weighted by Gasteiger charge is -2.28. The predicted molar refractivity (Wildman–Crippen MR) is 148 cm³/mol. The summed E-state index contributed by atoms with van der Waals surface area (Å²) in [7, 11) is 1.53. The van der Waals surface area contributed by atoms with Gasteiger partial charge in [-0.3, -0.25) is 9.59 Å². The Balaban J connectivity index is 1.57. The number of allylic oxidation sites excluding steroid dienone is 2. The third kappa shape index (κ3) is 5.93. The van der Waals surface area contributed by atoms with Gasteiger partial charge in [-0.2, -0.15) is 5.26 Å². The van der Waals surface area contributed by atoms with Gasteiger partial charge >= 0.3 is 0 Å². The number of ether oxygens (including phenoxy) is 1. The van der Waals surface area contributed by atoms with E-state index in [2.05, 4.69) is 28.9 Å². The molecule has 1 aromatic heterocycles. The summed E-state index contributed by atoms with van der Waals surface area (Å²) in [5, 5.41) is 19.6. The van der Waals surface area contributed by atoms with E-state index in [1.165, 1.54) is 30.7 Å². The molecule has 0 spiro atoms. The largest absolute Gasteiger partial charge is 0.495 e. The number of furan rings is 1. The SMILES string of the molecule is CCc1ccc(NC(=O)CSC2=C(C#N)[C@H](c3ccco3)C(C(=O)Nc3ccccc3OC)=C(C)N2)cc1. The summed E-state index contributed by atoms with van der Waals surface area (Å²) in [4.78, 5) is 26.2. The molecule has 3 N–H and O–H groups in total. The third-order valence-corrected chi connectivity index (χ3v) is 7.09. The number of para-hydroxylation sites is 2. The smallest absolute Gasteiger partial charge is 0.254 e. The molecular formula is C29H28N4O4S. The first-order chi connectivity index (χ1) is 18.4. The van der Waals surface area contributed by atoms with E-state index in [0.29, 0.717) is 44.8 Å². The Morgan fingerprint density at radius 2 is 1.87 bits per heavy atom. The number of rotatable bonds is 9. The highest BCUT2D eigenvalue weighted by atomic mass is 32.2. The first-order valence-electron chi connectivity index (χ1n) is 12.1. The van der Waals surface area contributed by atoms with Crippen molar-refractivity contribution in [1.82, 2.24) is 5.32 Å². The van der Waals surface area contributed by atoms with Gasteiger partial charge in [-0.1, -0.05) is 43.0 Å². The molecule has 1 atom stereocenters. The fourth-order valence-electron chi connectivity index (χ4n) is 4.16. The highest BCUT2D eigenvalue weighted by Gasteiger charge is 2.36. The normalized spacial score (nSPS) is 14.9. The number of carbonyl (C=O) groups is 2. The molecular weight excluding hydrogens is 500 g/mol. The molecule has 9 heteroatoms. The van der Waals surface area contributed by atoms with Crippen molar-refractivity contribution in [2.75, 3.05) is 23.5 Å². The van der Waals surface area contributed by atoms with Gasteiger partial charge in [0.15, 0.2) is 0 Å². The standard InChI is InChI=1S/C29H28N4O4S/c1-4-19-11-13-20(14-12-19)32-25(34)17-38-29-21(16-30)27(24-10-7-15-37-24)26(18(2)31-29)28(35)33-22-8-5-6-9-23(22)36-3/h5-15,27,31H,4,17H2,1-3H3,(H,32,34)(H,33,35)/t27-/m1/s1. The van der Waals surface area contributed by atoms with Crippen LogP contribution in [0.25, 0.3) is 0 Å². The quantitative estimate of drug-likeness (QED) is 0.333. The van der Waals surface area contributed by atoms with E-state index in [9.17, 15) is 14.9 Å². The number of methoxy groups -OCH3 is 1. The Kier molecular flexibility index (Phi) is 8.56. The fraction of sp³-hybridized carbons (Fsp3) is 0.207. The van der Waals surface area contributed by atoms with E-state index in [0.717, 1.165) is 6.42 Å². The summed E-state index contributed by atoms with van der Waals surface area (Å²) >= 11 is 1.20. The van der Waals surface area contributed by atoms with Crippen molar-refractivity contribution in [2.45, 2.75) is 26.2 Å². The summed E-state index contributed by atoms with van der Waals surface area (Å²) in [5.74, 6) is -0.318.